The van der Waals surface area contributed by atoms with Crippen LogP contribution in [0.15, 0.2) is 12.2 Å². The van der Waals surface area contributed by atoms with Gasteiger partial charge in [-0.15, -0.1) is 0 Å². The zero-order chi connectivity index (χ0) is 12.3. The second-order valence-electron chi connectivity index (χ2n) is 6.05. The fourth-order valence-electron chi connectivity index (χ4n) is 2.90. The molecule has 1 saturated heterocycles. The normalized spacial score (nSPS) is 28.5. The van der Waals surface area contributed by atoms with Gasteiger partial charge in [0, 0.05) is 38.8 Å². The van der Waals surface area contributed by atoms with E-state index in [4.69, 9.17) is 0 Å². The quantitative estimate of drug-likeness (QED) is 0.755. The molecule has 0 spiro atoms. The van der Waals surface area contributed by atoms with Crippen molar-refractivity contribution in [1.82, 2.24) is 9.80 Å². The fourth-order valence-corrected chi connectivity index (χ4v) is 2.90. The van der Waals surface area contributed by atoms with Crippen LogP contribution in [0.3, 0.4) is 0 Å². The first-order valence-corrected chi connectivity index (χ1v) is 6.90. The summed E-state index contributed by atoms with van der Waals surface area (Å²) in [4.78, 5) is 4.97. The lowest BCUT2D eigenvalue weighted by Crippen LogP contribution is -2.52. The molecule has 1 N–H and O–H groups in total. The van der Waals surface area contributed by atoms with Crippen LogP contribution in [-0.4, -0.2) is 59.3 Å². The van der Waals surface area contributed by atoms with Gasteiger partial charge in [0.25, 0.3) is 0 Å². The van der Waals surface area contributed by atoms with Crippen LogP contribution < -0.4 is 0 Å². The standard InChI is InChI=1S/C14H26N2O/c1-14(2,17)12-15-8-10-16(11-9-15)13-6-4-3-5-7-13/h4,6,13,17H,3,5,7-12H2,1-2H3. The van der Waals surface area contributed by atoms with E-state index in [1.807, 2.05) is 13.8 Å². The SMILES string of the molecule is CC(C)(O)CN1CCN(C2C=CCCC2)CC1. The largest absolute Gasteiger partial charge is 0.389 e. The number of rotatable bonds is 3. The van der Waals surface area contributed by atoms with Gasteiger partial charge in [-0.3, -0.25) is 9.80 Å². The van der Waals surface area contributed by atoms with Crippen molar-refractivity contribution in [1.29, 1.82) is 0 Å². The lowest BCUT2D eigenvalue weighted by molar-refractivity contribution is 0.0132. The molecular formula is C14H26N2O. The Balaban J connectivity index is 1.77. The summed E-state index contributed by atoms with van der Waals surface area (Å²) in [6.07, 6.45) is 8.63. The maximum Gasteiger partial charge on any atom is 0.0718 e. The molecule has 1 aliphatic carbocycles. The minimum atomic E-state index is -0.563. The van der Waals surface area contributed by atoms with E-state index in [1.54, 1.807) is 0 Å². The maximum absolute atomic E-state index is 9.82. The fraction of sp³-hybridized carbons (Fsp3) is 0.857. The molecule has 1 unspecified atom stereocenters. The summed E-state index contributed by atoms with van der Waals surface area (Å²) in [5, 5.41) is 9.82. The van der Waals surface area contributed by atoms with Crippen molar-refractivity contribution in [2.75, 3.05) is 32.7 Å². The highest BCUT2D eigenvalue weighted by molar-refractivity contribution is 4.99. The second-order valence-corrected chi connectivity index (χ2v) is 6.05. The van der Waals surface area contributed by atoms with E-state index < -0.39 is 5.60 Å². The summed E-state index contributed by atoms with van der Waals surface area (Å²) in [7, 11) is 0. The van der Waals surface area contributed by atoms with E-state index in [9.17, 15) is 5.11 Å². The van der Waals surface area contributed by atoms with Gasteiger partial charge in [-0.1, -0.05) is 12.2 Å². The van der Waals surface area contributed by atoms with Crippen molar-refractivity contribution in [3.8, 4) is 0 Å². The predicted octanol–water partition coefficient (Wildman–Crippen LogP) is 1.48. The van der Waals surface area contributed by atoms with E-state index in [2.05, 4.69) is 22.0 Å². The summed E-state index contributed by atoms with van der Waals surface area (Å²) in [6, 6.07) is 0.674. The van der Waals surface area contributed by atoms with Crippen molar-refractivity contribution in [2.45, 2.75) is 44.8 Å². The molecule has 2 rings (SSSR count). The molecule has 98 valence electrons. The van der Waals surface area contributed by atoms with E-state index in [0.717, 1.165) is 32.7 Å². The first-order valence-electron chi connectivity index (χ1n) is 6.90. The highest BCUT2D eigenvalue weighted by atomic mass is 16.3. The van der Waals surface area contributed by atoms with Crippen LogP contribution >= 0.6 is 0 Å². The smallest absolute Gasteiger partial charge is 0.0718 e. The number of hydrogen-bond acceptors (Lipinski definition) is 3. The predicted molar refractivity (Wildman–Crippen MR) is 71.1 cm³/mol. The van der Waals surface area contributed by atoms with Gasteiger partial charge in [0.2, 0.25) is 0 Å². The highest BCUT2D eigenvalue weighted by Gasteiger charge is 2.25. The minimum absolute atomic E-state index is 0.563. The lowest BCUT2D eigenvalue weighted by Gasteiger charge is -2.40. The molecular weight excluding hydrogens is 212 g/mol. The third-order valence-corrected chi connectivity index (χ3v) is 3.72. The number of aliphatic hydroxyl groups is 1. The third kappa shape index (κ3) is 4.09. The summed E-state index contributed by atoms with van der Waals surface area (Å²) in [5.74, 6) is 0. The van der Waals surface area contributed by atoms with E-state index in [-0.39, 0.29) is 0 Å². The lowest BCUT2D eigenvalue weighted by atomic mass is 10.0. The molecule has 0 aromatic rings. The van der Waals surface area contributed by atoms with Crippen LogP contribution in [0.5, 0.6) is 0 Å². The molecule has 3 nitrogen and oxygen atoms in total. The minimum Gasteiger partial charge on any atom is -0.389 e. The molecule has 1 aliphatic heterocycles. The maximum atomic E-state index is 9.82. The summed E-state index contributed by atoms with van der Waals surface area (Å²) in [5.41, 5.74) is -0.563. The Labute approximate surface area is 105 Å². The molecule has 0 amide bonds. The van der Waals surface area contributed by atoms with Crippen LogP contribution in [0.2, 0.25) is 0 Å². The number of piperazine rings is 1. The van der Waals surface area contributed by atoms with E-state index in [1.165, 1.54) is 19.3 Å². The van der Waals surface area contributed by atoms with Crippen molar-refractivity contribution in [3.63, 3.8) is 0 Å². The van der Waals surface area contributed by atoms with Gasteiger partial charge in [-0.05, 0) is 33.1 Å². The van der Waals surface area contributed by atoms with Crippen LogP contribution in [0.1, 0.15) is 33.1 Å². The zero-order valence-electron chi connectivity index (χ0n) is 11.2. The van der Waals surface area contributed by atoms with Gasteiger partial charge >= 0.3 is 0 Å². The Kier molecular flexibility index (Phi) is 4.23. The van der Waals surface area contributed by atoms with E-state index in [0.29, 0.717) is 6.04 Å². The van der Waals surface area contributed by atoms with Crippen molar-refractivity contribution < 1.29 is 5.11 Å². The summed E-state index contributed by atoms with van der Waals surface area (Å²) < 4.78 is 0. The molecule has 0 radical (unpaired) electrons. The average Bonchev–Trinajstić information content (AvgIpc) is 2.29. The van der Waals surface area contributed by atoms with Gasteiger partial charge in [0.15, 0.2) is 0 Å². The molecule has 0 saturated carbocycles. The Hall–Kier alpha value is -0.380. The molecule has 0 aromatic heterocycles. The zero-order valence-corrected chi connectivity index (χ0v) is 11.2. The molecule has 2 aliphatic rings. The first-order chi connectivity index (χ1) is 8.04. The topological polar surface area (TPSA) is 26.7 Å². The van der Waals surface area contributed by atoms with Crippen LogP contribution in [0.25, 0.3) is 0 Å². The van der Waals surface area contributed by atoms with Gasteiger partial charge in [0.1, 0.15) is 0 Å². The van der Waals surface area contributed by atoms with Gasteiger partial charge in [-0.25, -0.2) is 0 Å². The number of β-amino-alcohol motifs (C(OH)–C–C–N with tert-alkyl or cyclic N) is 1. The molecule has 3 heteroatoms. The molecule has 1 heterocycles. The molecule has 1 fully saturated rings. The Morgan fingerprint density at radius 1 is 1.24 bits per heavy atom. The van der Waals surface area contributed by atoms with Crippen molar-refractivity contribution in [3.05, 3.63) is 12.2 Å². The Bertz CT molecular complexity index is 262. The first kappa shape index (κ1) is 13.1. The van der Waals surface area contributed by atoms with E-state index >= 15 is 0 Å². The van der Waals surface area contributed by atoms with Crippen molar-refractivity contribution >= 4 is 0 Å². The molecule has 0 bridgehead atoms. The molecule has 0 aromatic carbocycles. The van der Waals surface area contributed by atoms with Gasteiger partial charge in [-0.2, -0.15) is 0 Å². The number of allylic oxidation sites excluding steroid dienone is 1. The van der Waals surface area contributed by atoms with Crippen LogP contribution in [0.4, 0.5) is 0 Å². The number of nitrogens with zero attached hydrogens (tertiary/aromatic N) is 2. The number of hydrogen-bond donors (Lipinski definition) is 1. The van der Waals surface area contributed by atoms with Crippen LogP contribution in [0, 0.1) is 0 Å². The molecule has 1 atom stereocenters. The third-order valence-electron chi connectivity index (χ3n) is 3.72. The van der Waals surface area contributed by atoms with Gasteiger partial charge in [0.05, 0.1) is 5.60 Å². The van der Waals surface area contributed by atoms with Crippen molar-refractivity contribution in [2.24, 2.45) is 0 Å². The van der Waals surface area contributed by atoms with Gasteiger partial charge < -0.3 is 5.11 Å². The second kappa shape index (κ2) is 5.51. The monoisotopic (exact) mass is 238 g/mol. The Morgan fingerprint density at radius 3 is 2.47 bits per heavy atom. The average molecular weight is 238 g/mol. The highest BCUT2D eigenvalue weighted by Crippen LogP contribution is 2.18. The molecule has 17 heavy (non-hydrogen) atoms. The summed E-state index contributed by atoms with van der Waals surface area (Å²) in [6.45, 7) is 9.05. The Morgan fingerprint density at radius 2 is 1.94 bits per heavy atom. The van der Waals surface area contributed by atoms with Crippen LogP contribution in [-0.2, 0) is 0 Å². The summed E-state index contributed by atoms with van der Waals surface area (Å²) >= 11 is 0.